The summed E-state index contributed by atoms with van der Waals surface area (Å²) in [6.45, 7) is 4.13. The molecule has 2 heterocycles. The van der Waals surface area contributed by atoms with Crippen LogP contribution in [0.5, 0.6) is 0 Å². The summed E-state index contributed by atoms with van der Waals surface area (Å²) in [6.07, 6.45) is 3.54. The minimum absolute atomic E-state index is 0.0753. The molecule has 0 aliphatic carbocycles. The van der Waals surface area contributed by atoms with Gasteiger partial charge in [0.05, 0.1) is 0 Å². The summed E-state index contributed by atoms with van der Waals surface area (Å²) in [4.78, 5) is 28.5. The summed E-state index contributed by atoms with van der Waals surface area (Å²) in [5.41, 5.74) is -0.449. The average molecular weight is 412 g/mol. The normalized spacial score (nSPS) is 16.8. The van der Waals surface area contributed by atoms with Crippen molar-refractivity contribution >= 4 is 23.5 Å². The van der Waals surface area contributed by atoms with E-state index in [2.05, 4.69) is 11.8 Å². The number of carbonyl (C=O) groups is 2. The Morgan fingerprint density at radius 3 is 2.59 bits per heavy atom. The number of likely N-dealkylation sites (tertiary alicyclic amines) is 1. The van der Waals surface area contributed by atoms with Gasteiger partial charge in [0.15, 0.2) is 17.3 Å². The van der Waals surface area contributed by atoms with Crippen LogP contribution in [0.3, 0.4) is 0 Å². The van der Waals surface area contributed by atoms with Crippen molar-refractivity contribution in [3.05, 3.63) is 53.5 Å². The fourth-order valence-corrected chi connectivity index (χ4v) is 3.67. The molecule has 0 unspecified atom stereocenters. The molecule has 1 fully saturated rings. The van der Waals surface area contributed by atoms with Crippen molar-refractivity contribution < 1.29 is 19.1 Å². The van der Waals surface area contributed by atoms with Crippen molar-refractivity contribution in [3.63, 3.8) is 0 Å². The fraction of sp³-hybridized carbons (Fsp3) is 0.391. The molecule has 2 aromatic rings. The van der Waals surface area contributed by atoms with Crippen LogP contribution in [0.1, 0.15) is 53.4 Å². The molecule has 0 bridgehead atoms. The summed E-state index contributed by atoms with van der Waals surface area (Å²) in [5, 5.41) is 9.68. The molecule has 1 aromatic heterocycles. The van der Waals surface area contributed by atoms with Crippen LogP contribution in [-0.2, 0) is 0 Å². The van der Waals surface area contributed by atoms with Crippen LogP contribution in [-0.4, -0.2) is 46.6 Å². The Hall–Kier alpha value is -2.49. The van der Waals surface area contributed by atoms with Crippen molar-refractivity contribution in [1.29, 1.82) is 0 Å². The van der Waals surface area contributed by atoms with Gasteiger partial charge in [-0.15, -0.1) is 11.8 Å². The average Bonchev–Trinajstić information content (AvgIpc) is 3.20. The maximum absolute atomic E-state index is 12.9. The minimum Gasteiger partial charge on any atom is -0.443 e. The molecule has 5 nitrogen and oxygen atoms in total. The number of rotatable bonds is 4. The van der Waals surface area contributed by atoms with Gasteiger partial charge in [-0.1, -0.05) is 18.1 Å². The van der Waals surface area contributed by atoms with E-state index < -0.39 is 5.60 Å². The Bertz CT molecular complexity index is 944. The topological polar surface area (TPSA) is 70.8 Å². The summed E-state index contributed by atoms with van der Waals surface area (Å²) >= 11 is 1.64. The highest BCUT2D eigenvalue weighted by atomic mass is 32.2. The van der Waals surface area contributed by atoms with Gasteiger partial charge < -0.3 is 14.4 Å². The maximum Gasteiger partial charge on any atom is 0.289 e. The van der Waals surface area contributed by atoms with Crippen LogP contribution in [0.4, 0.5) is 0 Å². The van der Waals surface area contributed by atoms with Crippen LogP contribution in [0.25, 0.3) is 0 Å². The van der Waals surface area contributed by atoms with Crippen LogP contribution in [0, 0.1) is 17.8 Å². The third-order valence-corrected chi connectivity index (χ3v) is 5.51. The van der Waals surface area contributed by atoms with Crippen molar-refractivity contribution in [2.24, 2.45) is 5.92 Å². The Morgan fingerprint density at radius 2 is 1.93 bits per heavy atom. The molecule has 152 valence electrons. The predicted molar refractivity (Wildman–Crippen MR) is 113 cm³/mol. The second kappa shape index (κ2) is 8.89. The van der Waals surface area contributed by atoms with Gasteiger partial charge in [0.2, 0.25) is 0 Å². The van der Waals surface area contributed by atoms with Crippen LogP contribution >= 0.6 is 11.8 Å². The summed E-state index contributed by atoms with van der Waals surface area (Å²) < 4.78 is 5.54. The first kappa shape index (κ1) is 21.2. The van der Waals surface area contributed by atoms with Crippen molar-refractivity contribution in [1.82, 2.24) is 4.90 Å². The quantitative estimate of drug-likeness (QED) is 0.470. The van der Waals surface area contributed by atoms with Crippen molar-refractivity contribution in [2.75, 3.05) is 19.3 Å². The molecule has 0 saturated carbocycles. The molecule has 1 N–H and O–H groups in total. The molecule has 1 aliphatic rings. The van der Waals surface area contributed by atoms with Gasteiger partial charge in [-0.2, -0.15) is 0 Å². The lowest BCUT2D eigenvalue weighted by Gasteiger charge is -2.31. The van der Waals surface area contributed by atoms with Gasteiger partial charge >= 0.3 is 0 Å². The standard InChI is InChI=1S/C23H25NO4S/c1-23(2,27)13-12-18-8-11-20(28-18)22(26)24-14-4-5-17(15-24)21(25)16-6-9-19(29-3)10-7-16/h6-11,17,27H,4-5,14-15H2,1-3H3/t17-/m1/s1. The number of amides is 1. The minimum atomic E-state index is -1.13. The van der Waals surface area contributed by atoms with E-state index in [9.17, 15) is 14.7 Å². The highest BCUT2D eigenvalue weighted by Gasteiger charge is 2.30. The van der Waals surface area contributed by atoms with Gasteiger partial charge in [0.1, 0.15) is 5.60 Å². The lowest BCUT2D eigenvalue weighted by Crippen LogP contribution is -2.42. The number of piperidine rings is 1. The second-order valence-electron chi connectivity index (χ2n) is 7.66. The van der Waals surface area contributed by atoms with E-state index >= 15 is 0 Å². The van der Waals surface area contributed by atoms with Gasteiger partial charge in [0, 0.05) is 29.5 Å². The van der Waals surface area contributed by atoms with E-state index in [1.807, 2.05) is 30.5 Å². The first-order chi connectivity index (χ1) is 13.8. The number of hydrogen-bond acceptors (Lipinski definition) is 5. The number of carbonyl (C=O) groups excluding carboxylic acids is 2. The van der Waals surface area contributed by atoms with E-state index in [1.165, 1.54) is 0 Å². The molecule has 1 saturated heterocycles. The maximum atomic E-state index is 12.9. The fourth-order valence-electron chi connectivity index (χ4n) is 3.26. The third-order valence-electron chi connectivity index (χ3n) is 4.76. The lowest BCUT2D eigenvalue weighted by molar-refractivity contribution is 0.0610. The van der Waals surface area contributed by atoms with E-state index in [0.29, 0.717) is 24.4 Å². The predicted octanol–water partition coefficient (Wildman–Crippen LogP) is 3.86. The number of thioether (sulfide) groups is 1. The molecule has 1 aliphatic heterocycles. The Kier molecular flexibility index (Phi) is 6.51. The highest BCUT2D eigenvalue weighted by molar-refractivity contribution is 7.98. The molecule has 0 spiro atoms. The smallest absolute Gasteiger partial charge is 0.289 e. The number of Topliss-reactive ketones (excluding diaryl/α,β-unsaturated/α-hetero) is 1. The highest BCUT2D eigenvalue weighted by Crippen LogP contribution is 2.24. The molecular formula is C23H25NO4S. The Morgan fingerprint density at radius 1 is 1.21 bits per heavy atom. The number of ketones is 1. The van der Waals surface area contributed by atoms with Crippen molar-refractivity contribution in [3.8, 4) is 11.8 Å². The first-order valence-electron chi connectivity index (χ1n) is 9.60. The first-order valence-corrected chi connectivity index (χ1v) is 10.8. The lowest BCUT2D eigenvalue weighted by atomic mass is 9.90. The van der Waals surface area contributed by atoms with E-state index in [1.54, 1.807) is 42.6 Å². The monoisotopic (exact) mass is 411 g/mol. The number of hydrogen-bond donors (Lipinski definition) is 1. The SMILES string of the molecule is CSc1ccc(C(=O)[C@@H]2CCCN(C(=O)c3ccc(C#CC(C)(C)O)o3)C2)cc1. The number of furan rings is 1. The summed E-state index contributed by atoms with van der Waals surface area (Å²) in [7, 11) is 0. The second-order valence-corrected chi connectivity index (χ2v) is 8.54. The molecule has 1 aromatic carbocycles. The van der Waals surface area contributed by atoms with Gasteiger partial charge in [-0.25, -0.2) is 0 Å². The van der Waals surface area contributed by atoms with Crippen molar-refractivity contribution in [2.45, 2.75) is 37.2 Å². The van der Waals surface area contributed by atoms with E-state index in [0.717, 1.165) is 17.7 Å². The number of nitrogens with zero attached hydrogens (tertiary/aromatic N) is 1. The molecule has 3 rings (SSSR count). The molecule has 0 radical (unpaired) electrons. The van der Waals surface area contributed by atoms with Gasteiger partial charge in [-0.3, -0.25) is 9.59 Å². The zero-order valence-electron chi connectivity index (χ0n) is 16.9. The van der Waals surface area contributed by atoms with Crippen LogP contribution < -0.4 is 0 Å². The van der Waals surface area contributed by atoms with E-state index in [-0.39, 0.29) is 23.4 Å². The van der Waals surface area contributed by atoms with Crippen LogP contribution in [0.2, 0.25) is 0 Å². The third kappa shape index (κ3) is 5.53. The number of aliphatic hydroxyl groups is 1. The molecule has 1 amide bonds. The Balaban J connectivity index is 1.68. The van der Waals surface area contributed by atoms with Crippen LogP contribution in [0.15, 0.2) is 45.7 Å². The van der Waals surface area contributed by atoms with Gasteiger partial charge in [0.25, 0.3) is 5.91 Å². The summed E-state index contributed by atoms with van der Waals surface area (Å²) in [5.74, 6) is 5.54. The molecule has 6 heteroatoms. The summed E-state index contributed by atoms with van der Waals surface area (Å²) in [6, 6.07) is 10.8. The largest absolute Gasteiger partial charge is 0.443 e. The zero-order valence-corrected chi connectivity index (χ0v) is 17.7. The Labute approximate surface area is 175 Å². The molecule has 29 heavy (non-hydrogen) atoms. The number of benzene rings is 1. The van der Waals surface area contributed by atoms with E-state index in [4.69, 9.17) is 4.42 Å². The zero-order chi connectivity index (χ0) is 21.0. The van der Waals surface area contributed by atoms with Gasteiger partial charge in [-0.05, 0) is 63.1 Å². The molecule has 1 atom stereocenters. The molecular weight excluding hydrogens is 386 g/mol.